The molecule has 3 aromatic rings. The predicted molar refractivity (Wildman–Crippen MR) is 161 cm³/mol. The number of carbonyl (C=O) groups excluding carboxylic acids is 2. The van der Waals surface area contributed by atoms with Crippen molar-refractivity contribution in [2.75, 3.05) is 44.2 Å². The monoisotopic (exact) mass is 602 g/mol. The summed E-state index contributed by atoms with van der Waals surface area (Å²) in [6.07, 6.45) is -0.348. The molecule has 3 heterocycles. The molecule has 0 bridgehead atoms. The van der Waals surface area contributed by atoms with Crippen LogP contribution in [-0.4, -0.2) is 71.0 Å². The van der Waals surface area contributed by atoms with Crippen LogP contribution in [0.5, 0.6) is 0 Å². The van der Waals surface area contributed by atoms with Crippen LogP contribution in [-0.2, 0) is 17.5 Å². The lowest BCUT2D eigenvalue weighted by atomic mass is 9.94. The first-order valence-electron chi connectivity index (χ1n) is 14.7. The minimum Gasteiger partial charge on any atom is -0.395 e. The van der Waals surface area contributed by atoms with Crippen molar-refractivity contribution in [3.8, 4) is 11.1 Å². The molecule has 3 aliphatic rings. The first-order valence-corrected chi connectivity index (χ1v) is 14.7. The Morgan fingerprint density at radius 3 is 2.34 bits per heavy atom. The fourth-order valence-corrected chi connectivity index (χ4v) is 6.21. The number of carbonyl (C=O) groups is 2. The summed E-state index contributed by atoms with van der Waals surface area (Å²) in [6.45, 7) is 5.36. The highest BCUT2D eigenvalue weighted by Crippen LogP contribution is 2.39. The van der Waals surface area contributed by atoms with Crippen molar-refractivity contribution in [1.29, 1.82) is 0 Å². The topological polar surface area (TPSA) is 67.3 Å². The van der Waals surface area contributed by atoms with E-state index in [4.69, 9.17) is 0 Å². The van der Waals surface area contributed by atoms with Gasteiger partial charge in [-0.05, 0) is 59.5 Å². The number of hydrogen-bond donors (Lipinski definition) is 1. The molecule has 10 heteroatoms. The van der Waals surface area contributed by atoms with Gasteiger partial charge < -0.3 is 14.9 Å². The number of nitrogens with zero attached hydrogens (tertiary/aromatic N) is 4. The van der Waals surface area contributed by atoms with E-state index >= 15 is 0 Å². The van der Waals surface area contributed by atoms with Crippen LogP contribution in [0.2, 0.25) is 0 Å². The van der Waals surface area contributed by atoms with E-state index in [2.05, 4.69) is 4.90 Å². The quantitative estimate of drug-likeness (QED) is 0.423. The van der Waals surface area contributed by atoms with Crippen molar-refractivity contribution in [3.05, 3.63) is 113 Å². The number of hydrogen-bond acceptors (Lipinski definition) is 5. The Labute approximate surface area is 254 Å². The number of fused-ring (bicyclic) bond motifs is 2. The maximum atomic E-state index is 14.0. The van der Waals surface area contributed by atoms with E-state index in [-0.39, 0.29) is 24.0 Å². The summed E-state index contributed by atoms with van der Waals surface area (Å²) in [5, 5.41) is 9.24. The third-order valence-electron chi connectivity index (χ3n) is 8.51. The van der Waals surface area contributed by atoms with E-state index in [1.807, 2.05) is 40.1 Å². The second-order valence-electron chi connectivity index (χ2n) is 11.2. The molecule has 7 nitrogen and oxygen atoms in total. The minimum absolute atomic E-state index is 0.0559. The van der Waals surface area contributed by atoms with Crippen molar-refractivity contribution in [2.24, 2.45) is 0 Å². The summed E-state index contributed by atoms with van der Waals surface area (Å²) >= 11 is 0. The number of rotatable bonds is 5. The Morgan fingerprint density at radius 2 is 1.61 bits per heavy atom. The van der Waals surface area contributed by atoms with Crippen LogP contribution in [0.25, 0.3) is 11.1 Å². The lowest BCUT2D eigenvalue weighted by molar-refractivity contribution is -0.137. The fourth-order valence-electron chi connectivity index (χ4n) is 6.21. The molecule has 1 fully saturated rings. The van der Waals surface area contributed by atoms with Gasteiger partial charge in [0.2, 0.25) is 0 Å². The van der Waals surface area contributed by atoms with Crippen LogP contribution in [0.3, 0.4) is 0 Å². The third-order valence-corrected chi connectivity index (χ3v) is 8.51. The van der Waals surface area contributed by atoms with Gasteiger partial charge in [-0.3, -0.25) is 19.4 Å². The van der Waals surface area contributed by atoms with Crippen LogP contribution < -0.4 is 4.90 Å². The molecular weight excluding hydrogens is 569 g/mol. The van der Waals surface area contributed by atoms with Gasteiger partial charge in [0.15, 0.2) is 0 Å². The highest BCUT2D eigenvalue weighted by Gasteiger charge is 2.36. The number of aryl methyl sites for hydroxylation is 1. The van der Waals surface area contributed by atoms with Crippen LogP contribution in [0.15, 0.2) is 90.4 Å². The Balaban J connectivity index is 1.28. The Morgan fingerprint density at radius 1 is 0.886 bits per heavy atom. The number of para-hydroxylation sites is 1. The number of piperazine rings is 1. The van der Waals surface area contributed by atoms with Gasteiger partial charge >= 0.3 is 6.18 Å². The predicted octanol–water partition coefficient (Wildman–Crippen LogP) is 5.41. The van der Waals surface area contributed by atoms with Crippen LogP contribution in [0.4, 0.5) is 18.9 Å². The molecule has 228 valence electrons. The number of aliphatic hydroxyl groups is 1. The second-order valence-corrected chi connectivity index (χ2v) is 11.2. The van der Waals surface area contributed by atoms with Crippen molar-refractivity contribution in [3.63, 3.8) is 0 Å². The zero-order valence-corrected chi connectivity index (χ0v) is 24.3. The third kappa shape index (κ3) is 5.62. The molecule has 3 aliphatic heterocycles. The fraction of sp³-hybridized carbons (Fsp3) is 0.294. The second kappa shape index (κ2) is 11.9. The number of anilines is 1. The van der Waals surface area contributed by atoms with E-state index in [0.29, 0.717) is 73.8 Å². The van der Waals surface area contributed by atoms with Crippen LogP contribution in [0.1, 0.15) is 33.5 Å². The summed E-state index contributed by atoms with van der Waals surface area (Å²) in [4.78, 5) is 35.2. The van der Waals surface area contributed by atoms with Gasteiger partial charge in [-0.1, -0.05) is 42.5 Å². The lowest BCUT2D eigenvalue weighted by Gasteiger charge is -2.35. The summed E-state index contributed by atoms with van der Waals surface area (Å²) in [5.74, 6) is -0.370. The van der Waals surface area contributed by atoms with Crippen molar-refractivity contribution in [1.82, 2.24) is 14.7 Å². The summed E-state index contributed by atoms with van der Waals surface area (Å²) in [7, 11) is 0. The average molecular weight is 603 g/mol. The number of allylic oxidation sites excluding steroid dienone is 1. The molecule has 44 heavy (non-hydrogen) atoms. The standard InChI is InChI=1S/C34H33F3N4O3/c1-23-20-24(10-12-27(23)28-7-3-4-8-29(28)34(35,36)37)32(43)41-22-26-11-13-31(40(26)21-25-6-2-5-9-30(25)41)33(44)39-16-14-38(15-17-39)18-19-42/h2-10,12-13,20,22,42H,11,14-19,21H2,1H3. The number of benzene rings is 3. The number of aliphatic hydroxyl groups excluding tert-OH is 1. The highest BCUT2D eigenvalue weighted by atomic mass is 19.4. The zero-order chi connectivity index (χ0) is 31.0. The Kier molecular flexibility index (Phi) is 8.04. The van der Waals surface area contributed by atoms with E-state index in [1.54, 1.807) is 42.3 Å². The van der Waals surface area contributed by atoms with Gasteiger partial charge in [0.05, 0.1) is 24.4 Å². The minimum atomic E-state index is -4.50. The van der Waals surface area contributed by atoms with Gasteiger partial charge in [-0.25, -0.2) is 0 Å². The molecule has 0 unspecified atom stereocenters. The van der Waals surface area contributed by atoms with Gasteiger partial charge in [0.25, 0.3) is 11.8 Å². The number of alkyl halides is 3. The molecule has 3 aromatic carbocycles. The lowest BCUT2D eigenvalue weighted by Crippen LogP contribution is -2.50. The van der Waals surface area contributed by atoms with E-state index in [9.17, 15) is 27.9 Å². The van der Waals surface area contributed by atoms with Gasteiger partial charge in [-0.2, -0.15) is 13.2 Å². The first-order chi connectivity index (χ1) is 21.2. The molecule has 0 spiro atoms. The van der Waals surface area contributed by atoms with Gasteiger partial charge in [0, 0.05) is 56.6 Å². The summed E-state index contributed by atoms with van der Waals surface area (Å²) < 4.78 is 41.2. The van der Waals surface area contributed by atoms with Crippen LogP contribution in [0, 0.1) is 6.92 Å². The number of halogens is 3. The maximum absolute atomic E-state index is 14.0. The highest BCUT2D eigenvalue weighted by molar-refractivity contribution is 6.08. The van der Waals surface area contributed by atoms with Gasteiger partial charge in [-0.15, -0.1) is 0 Å². The Hall–Kier alpha value is -4.41. The Bertz CT molecular complexity index is 1660. The largest absolute Gasteiger partial charge is 0.417 e. The van der Waals surface area contributed by atoms with E-state index in [1.165, 1.54) is 12.1 Å². The average Bonchev–Trinajstić information content (AvgIpc) is 3.33. The molecule has 1 saturated heterocycles. The molecule has 0 aliphatic carbocycles. The molecule has 1 N–H and O–H groups in total. The molecule has 0 radical (unpaired) electrons. The molecule has 0 saturated carbocycles. The van der Waals surface area contributed by atoms with Crippen molar-refractivity contribution in [2.45, 2.75) is 26.1 Å². The smallest absolute Gasteiger partial charge is 0.395 e. The summed E-state index contributed by atoms with van der Waals surface area (Å²) in [5.41, 5.74) is 3.61. The van der Waals surface area contributed by atoms with E-state index < -0.39 is 11.7 Å². The van der Waals surface area contributed by atoms with Crippen LogP contribution >= 0.6 is 0 Å². The first kappa shape index (κ1) is 29.7. The zero-order valence-electron chi connectivity index (χ0n) is 24.3. The SMILES string of the molecule is Cc1cc(C(=O)N2C=C3CC=C(C(=O)N4CCN(CCO)CC4)N3Cc3ccccc32)ccc1-c1ccccc1C(F)(F)F. The number of β-amino-alcohol motifs (C(OH)–C–C–N with tert-alkyl or cyclic N) is 1. The van der Waals surface area contributed by atoms with Crippen molar-refractivity contribution < 1.29 is 27.9 Å². The molecule has 0 atom stereocenters. The van der Waals surface area contributed by atoms with Gasteiger partial charge in [0.1, 0.15) is 5.70 Å². The molecule has 2 amide bonds. The van der Waals surface area contributed by atoms with Crippen molar-refractivity contribution >= 4 is 17.5 Å². The summed E-state index contributed by atoms with van der Waals surface area (Å²) in [6, 6.07) is 17.8. The molecule has 0 aromatic heterocycles. The maximum Gasteiger partial charge on any atom is 0.417 e. The molecule has 6 rings (SSSR count). The number of amides is 2. The molecular formula is C34H33F3N4O3. The normalized spacial score (nSPS) is 17.1. The van der Waals surface area contributed by atoms with E-state index in [0.717, 1.165) is 17.3 Å².